The number of nitrogens with one attached hydrogen (secondary N) is 1. The van der Waals surface area contributed by atoms with E-state index in [4.69, 9.17) is 9.84 Å². The molecule has 0 spiro atoms. The second-order valence-electron chi connectivity index (χ2n) is 5.86. The van der Waals surface area contributed by atoms with Crippen LogP contribution in [0.1, 0.15) is 28.7 Å². The molecule has 1 aliphatic heterocycles. The molecule has 0 radical (unpaired) electrons. The molecule has 1 aliphatic rings. The van der Waals surface area contributed by atoms with Crippen LogP contribution < -0.4 is 10.1 Å². The van der Waals surface area contributed by atoms with Gasteiger partial charge < -0.3 is 15.2 Å². The predicted molar refractivity (Wildman–Crippen MR) is 94.2 cm³/mol. The van der Waals surface area contributed by atoms with Crippen molar-refractivity contribution in [2.75, 3.05) is 13.6 Å². The highest BCUT2D eigenvalue weighted by Crippen LogP contribution is 2.37. The van der Waals surface area contributed by atoms with Crippen molar-refractivity contribution in [3.63, 3.8) is 0 Å². The van der Waals surface area contributed by atoms with Crippen molar-refractivity contribution in [2.45, 2.75) is 19.4 Å². The van der Waals surface area contributed by atoms with E-state index < -0.39 is 5.97 Å². The van der Waals surface area contributed by atoms with Gasteiger partial charge in [-0.1, -0.05) is 36.4 Å². The maximum Gasteiger partial charge on any atom is 0.307 e. The van der Waals surface area contributed by atoms with Crippen LogP contribution in [-0.4, -0.2) is 24.7 Å². The van der Waals surface area contributed by atoms with Crippen LogP contribution in [0.2, 0.25) is 0 Å². The molecule has 4 heteroatoms. The summed E-state index contributed by atoms with van der Waals surface area (Å²) in [5.74, 6) is -0.0263. The molecule has 0 unspecified atom stereocenters. The molecule has 0 saturated carbocycles. The van der Waals surface area contributed by atoms with Gasteiger partial charge in [-0.3, -0.25) is 4.79 Å². The van der Waals surface area contributed by atoms with Gasteiger partial charge in [0.2, 0.25) is 0 Å². The fraction of sp³-hybridized carbons (Fsp3) is 0.250. The van der Waals surface area contributed by atoms with Gasteiger partial charge in [-0.05, 0) is 54.4 Å². The third kappa shape index (κ3) is 3.49. The summed E-state index contributed by atoms with van der Waals surface area (Å²) in [4.78, 5) is 11.0. The van der Waals surface area contributed by atoms with Crippen LogP contribution >= 0.6 is 0 Å². The third-order valence-corrected chi connectivity index (χ3v) is 4.12. The van der Waals surface area contributed by atoms with Crippen LogP contribution in [0, 0.1) is 0 Å². The smallest absolute Gasteiger partial charge is 0.307 e. The number of carboxylic acids is 1. The first-order valence-electron chi connectivity index (χ1n) is 8.10. The van der Waals surface area contributed by atoms with Crippen molar-refractivity contribution in [2.24, 2.45) is 0 Å². The zero-order valence-corrected chi connectivity index (χ0v) is 13.7. The second kappa shape index (κ2) is 7.32. The number of benzene rings is 2. The van der Waals surface area contributed by atoms with E-state index in [1.807, 2.05) is 37.4 Å². The summed E-state index contributed by atoms with van der Waals surface area (Å²) in [5.41, 5.74) is 5.16. The van der Waals surface area contributed by atoms with E-state index in [0.717, 1.165) is 46.5 Å². The molecule has 0 aliphatic carbocycles. The lowest BCUT2D eigenvalue weighted by atomic mass is 9.92. The number of carboxylic acid groups (broad SMARTS) is 1. The summed E-state index contributed by atoms with van der Waals surface area (Å²) in [6, 6.07) is 13.9. The zero-order valence-electron chi connectivity index (χ0n) is 13.7. The molecule has 0 bridgehead atoms. The van der Waals surface area contributed by atoms with Gasteiger partial charge in [0.25, 0.3) is 0 Å². The Hall–Kier alpha value is -2.59. The molecule has 3 rings (SSSR count). The average molecular weight is 323 g/mol. The lowest BCUT2D eigenvalue weighted by Gasteiger charge is -2.12. The molecular weight excluding hydrogens is 302 g/mol. The molecule has 0 amide bonds. The highest BCUT2D eigenvalue weighted by Gasteiger charge is 2.19. The van der Waals surface area contributed by atoms with Gasteiger partial charge in [0.1, 0.15) is 12.4 Å². The van der Waals surface area contributed by atoms with E-state index in [9.17, 15) is 4.79 Å². The van der Waals surface area contributed by atoms with Crippen LogP contribution in [-0.2, 0) is 17.8 Å². The Morgan fingerprint density at radius 3 is 2.88 bits per heavy atom. The van der Waals surface area contributed by atoms with Gasteiger partial charge >= 0.3 is 5.97 Å². The minimum Gasteiger partial charge on any atom is -0.488 e. The normalized spacial score (nSPS) is 14.5. The van der Waals surface area contributed by atoms with Crippen molar-refractivity contribution in [3.05, 3.63) is 70.8 Å². The Morgan fingerprint density at radius 2 is 2.08 bits per heavy atom. The Morgan fingerprint density at radius 1 is 1.25 bits per heavy atom. The fourth-order valence-corrected chi connectivity index (χ4v) is 2.99. The first-order chi connectivity index (χ1) is 11.7. The molecule has 2 aromatic carbocycles. The fourth-order valence-electron chi connectivity index (χ4n) is 2.99. The summed E-state index contributed by atoms with van der Waals surface area (Å²) in [7, 11) is 1.93. The minimum absolute atomic E-state index is 0.0126. The van der Waals surface area contributed by atoms with Crippen LogP contribution in [0.3, 0.4) is 0 Å². The van der Waals surface area contributed by atoms with Crippen molar-refractivity contribution >= 4 is 11.5 Å². The van der Waals surface area contributed by atoms with E-state index in [2.05, 4.69) is 23.5 Å². The molecule has 124 valence electrons. The Kier molecular flexibility index (Phi) is 4.96. The summed E-state index contributed by atoms with van der Waals surface area (Å²) in [6.45, 7) is 1.40. The van der Waals surface area contributed by atoms with E-state index in [1.165, 1.54) is 0 Å². The van der Waals surface area contributed by atoms with Crippen molar-refractivity contribution in [1.29, 1.82) is 0 Å². The monoisotopic (exact) mass is 323 g/mol. The summed E-state index contributed by atoms with van der Waals surface area (Å²) in [5, 5.41) is 12.2. The number of hydrogen-bond donors (Lipinski definition) is 2. The number of rotatable bonds is 5. The molecule has 0 atom stereocenters. The lowest BCUT2D eigenvalue weighted by Crippen LogP contribution is -2.06. The van der Waals surface area contributed by atoms with Gasteiger partial charge in [-0.15, -0.1) is 0 Å². The van der Waals surface area contributed by atoms with E-state index in [-0.39, 0.29) is 6.42 Å². The van der Waals surface area contributed by atoms with Gasteiger partial charge in [0.05, 0.1) is 6.42 Å². The maximum atomic E-state index is 11.0. The molecule has 0 fully saturated rings. The molecule has 0 aromatic heterocycles. The summed E-state index contributed by atoms with van der Waals surface area (Å²) < 4.78 is 5.97. The molecule has 0 saturated heterocycles. The minimum atomic E-state index is -0.828. The highest BCUT2D eigenvalue weighted by molar-refractivity contribution is 5.85. The third-order valence-electron chi connectivity index (χ3n) is 4.12. The van der Waals surface area contributed by atoms with E-state index >= 15 is 0 Å². The standard InChI is InChI=1S/C20H21NO3/c1-21-10-4-7-17-16-6-3-2-5-15(16)13-24-19-9-8-14(11-18(17)19)12-20(22)23/h2-3,5-9,11,21H,4,10,12-13H2,1H3,(H,22,23)/b17-7-. The number of aliphatic carboxylic acids is 1. The molecule has 24 heavy (non-hydrogen) atoms. The van der Waals surface area contributed by atoms with Crippen LogP contribution in [0.5, 0.6) is 5.75 Å². The number of hydrogen-bond acceptors (Lipinski definition) is 3. The van der Waals surface area contributed by atoms with Gasteiger partial charge in [0.15, 0.2) is 0 Å². The van der Waals surface area contributed by atoms with E-state index in [1.54, 1.807) is 0 Å². The molecular formula is C20H21NO3. The summed E-state index contributed by atoms with van der Waals surface area (Å²) in [6.07, 6.45) is 3.11. The Bertz CT molecular complexity index is 780. The number of ether oxygens (including phenoxy) is 1. The Labute approximate surface area is 141 Å². The molecule has 1 heterocycles. The average Bonchev–Trinajstić information content (AvgIpc) is 2.72. The van der Waals surface area contributed by atoms with Crippen molar-refractivity contribution in [1.82, 2.24) is 5.32 Å². The van der Waals surface area contributed by atoms with Crippen LogP contribution in [0.15, 0.2) is 48.5 Å². The van der Waals surface area contributed by atoms with Crippen LogP contribution in [0.4, 0.5) is 0 Å². The largest absolute Gasteiger partial charge is 0.488 e. The van der Waals surface area contributed by atoms with Gasteiger partial charge in [-0.2, -0.15) is 0 Å². The Balaban J connectivity index is 2.10. The maximum absolute atomic E-state index is 11.0. The van der Waals surface area contributed by atoms with Gasteiger partial charge in [0, 0.05) is 5.56 Å². The van der Waals surface area contributed by atoms with Gasteiger partial charge in [-0.25, -0.2) is 0 Å². The van der Waals surface area contributed by atoms with Crippen molar-refractivity contribution in [3.8, 4) is 5.75 Å². The number of carbonyl (C=O) groups is 1. The highest BCUT2D eigenvalue weighted by atomic mass is 16.5. The lowest BCUT2D eigenvalue weighted by molar-refractivity contribution is -0.136. The molecule has 4 nitrogen and oxygen atoms in total. The van der Waals surface area contributed by atoms with Crippen LogP contribution in [0.25, 0.3) is 5.57 Å². The predicted octanol–water partition coefficient (Wildman–Crippen LogP) is 3.25. The van der Waals surface area contributed by atoms with Crippen molar-refractivity contribution < 1.29 is 14.6 Å². The topological polar surface area (TPSA) is 58.6 Å². The molecule has 2 N–H and O–H groups in total. The second-order valence-corrected chi connectivity index (χ2v) is 5.86. The zero-order chi connectivity index (χ0) is 16.9. The first-order valence-corrected chi connectivity index (χ1v) is 8.10. The van der Waals surface area contributed by atoms with E-state index in [0.29, 0.717) is 6.61 Å². The first kappa shape index (κ1) is 16.3. The number of fused-ring (bicyclic) bond motifs is 2. The molecule has 2 aromatic rings. The SMILES string of the molecule is CNCC/C=C1/c2ccccc2COc2ccc(CC(=O)O)cc21. The summed E-state index contributed by atoms with van der Waals surface area (Å²) >= 11 is 0. The quantitative estimate of drug-likeness (QED) is 0.829.